The highest BCUT2D eigenvalue weighted by molar-refractivity contribution is 5.84. The predicted octanol–water partition coefficient (Wildman–Crippen LogP) is 2.97. The molecule has 0 unspecified atom stereocenters. The molecule has 0 spiro atoms. The lowest BCUT2D eigenvalue weighted by Crippen LogP contribution is -2.54. The first-order valence-corrected chi connectivity index (χ1v) is 10.0. The van der Waals surface area contributed by atoms with Crippen LogP contribution in [0.5, 0.6) is 5.75 Å². The van der Waals surface area contributed by atoms with Gasteiger partial charge in [0.05, 0.1) is 11.7 Å². The van der Waals surface area contributed by atoms with Crippen LogP contribution in [0, 0.1) is 0 Å². The van der Waals surface area contributed by atoms with Crippen molar-refractivity contribution in [1.82, 2.24) is 30.7 Å². The van der Waals surface area contributed by atoms with Gasteiger partial charge in [-0.05, 0) is 49.7 Å². The summed E-state index contributed by atoms with van der Waals surface area (Å²) in [4.78, 5) is 6.69. The summed E-state index contributed by atoms with van der Waals surface area (Å²) in [5.74, 6) is 0.912. The third-order valence-electron chi connectivity index (χ3n) is 5.42. The Morgan fingerprint density at radius 2 is 1.80 bits per heavy atom. The molecule has 4 aromatic rings. The lowest BCUT2D eigenvalue weighted by Gasteiger charge is -2.36. The van der Waals surface area contributed by atoms with Gasteiger partial charge in [-0.3, -0.25) is 5.10 Å². The molecule has 1 fully saturated rings. The fourth-order valence-corrected chi connectivity index (χ4v) is 4.06. The number of fused-ring (bicyclic) bond motifs is 1. The van der Waals surface area contributed by atoms with Crippen molar-refractivity contribution in [2.45, 2.75) is 25.9 Å². The maximum Gasteiger partial charge on any atom is 0.151 e. The van der Waals surface area contributed by atoms with E-state index in [1.165, 1.54) is 0 Å². The van der Waals surface area contributed by atoms with E-state index < -0.39 is 0 Å². The Morgan fingerprint density at radius 1 is 0.967 bits per heavy atom. The second kappa shape index (κ2) is 7.38. The molecule has 5 rings (SSSR count). The number of aromatic amines is 1. The molecule has 152 valence electrons. The quantitative estimate of drug-likeness (QED) is 0.485. The molecule has 8 heteroatoms. The van der Waals surface area contributed by atoms with E-state index in [1.807, 2.05) is 30.3 Å². The normalized spacial score (nSPS) is 19.3. The van der Waals surface area contributed by atoms with E-state index in [9.17, 15) is 5.11 Å². The molecule has 0 amide bonds. The van der Waals surface area contributed by atoms with Gasteiger partial charge in [0.15, 0.2) is 5.82 Å². The molecule has 4 heterocycles. The monoisotopic (exact) mass is 401 g/mol. The Balaban J connectivity index is 1.40. The van der Waals surface area contributed by atoms with E-state index >= 15 is 0 Å². The summed E-state index contributed by atoms with van der Waals surface area (Å²) in [5.41, 5.74) is 3.72. The van der Waals surface area contributed by atoms with Gasteiger partial charge < -0.3 is 15.3 Å². The number of hydrogen-bond donors (Lipinski definition) is 3. The average Bonchev–Trinajstić information content (AvgIpc) is 3.21. The van der Waals surface area contributed by atoms with Gasteiger partial charge in [-0.1, -0.05) is 6.07 Å². The van der Waals surface area contributed by atoms with Gasteiger partial charge in [-0.2, -0.15) is 5.10 Å². The van der Waals surface area contributed by atoms with Crippen LogP contribution in [-0.4, -0.2) is 55.7 Å². The second-order valence-electron chi connectivity index (χ2n) is 7.91. The van der Waals surface area contributed by atoms with E-state index in [-0.39, 0.29) is 5.75 Å². The zero-order valence-electron chi connectivity index (χ0n) is 16.9. The van der Waals surface area contributed by atoms with Crippen molar-refractivity contribution in [3.63, 3.8) is 0 Å². The van der Waals surface area contributed by atoms with Crippen LogP contribution >= 0.6 is 0 Å². The summed E-state index contributed by atoms with van der Waals surface area (Å²) in [6, 6.07) is 12.3. The molecule has 1 saturated heterocycles. The number of hydrogen-bond acceptors (Lipinski definition) is 7. The van der Waals surface area contributed by atoms with E-state index in [4.69, 9.17) is 0 Å². The first-order chi connectivity index (χ1) is 14.6. The summed E-state index contributed by atoms with van der Waals surface area (Å²) < 4.78 is 0. The topological polar surface area (TPSA) is 103 Å². The van der Waals surface area contributed by atoms with Crippen LogP contribution in [0.25, 0.3) is 33.4 Å². The van der Waals surface area contributed by atoms with Crippen LogP contribution in [-0.2, 0) is 0 Å². The molecule has 1 aromatic carbocycles. The number of nitrogens with one attached hydrogen (secondary N) is 2. The van der Waals surface area contributed by atoms with Crippen LogP contribution in [0.1, 0.15) is 13.8 Å². The fourth-order valence-electron chi connectivity index (χ4n) is 4.06. The minimum atomic E-state index is 0.0752. The third-order valence-corrected chi connectivity index (χ3v) is 5.42. The van der Waals surface area contributed by atoms with Crippen LogP contribution in [0.4, 0.5) is 5.82 Å². The molecule has 0 saturated carbocycles. The number of H-pyrrole nitrogens is 1. The number of pyridine rings is 1. The summed E-state index contributed by atoms with van der Waals surface area (Å²) in [5, 5.41) is 30.8. The van der Waals surface area contributed by atoms with Gasteiger partial charge in [0.2, 0.25) is 0 Å². The van der Waals surface area contributed by atoms with Gasteiger partial charge in [-0.25, -0.2) is 4.98 Å². The molecule has 1 aliphatic rings. The zero-order chi connectivity index (χ0) is 20.7. The van der Waals surface area contributed by atoms with Crippen LogP contribution in [0.3, 0.4) is 0 Å². The highest BCUT2D eigenvalue weighted by atomic mass is 16.3. The zero-order valence-corrected chi connectivity index (χ0v) is 16.9. The number of benzene rings is 1. The van der Waals surface area contributed by atoms with E-state index in [1.54, 1.807) is 18.5 Å². The Hall–Kier alpha value is -3.52. The third kappa shape index (κ3) is 3.46. The lowest BCUT2D eigenvalue weighted by atomic mass is 10.0. The minimum Gasteiger partial charge on any atom is -0.506 e. The van der Waals surface area contributed by atoms with Gasteiger partial charge in [0.1, 0.15) is 17.1 Å². The van der Waals surface area contributed by atoms with Gasteiger partial charge in [0, 0.05) is 42.3 Å². The van der Waals surface area contributed by atoms with E-state index in [0.717, 1.165) is 40.9 Å². The number of piperazine rings is 1. The van der Waals surface area contributed by atoms with Crippen molar-refractivity contribution in [2.24, 2.45) is 0 Å². The molecular formula is C22H23N7O. The Bertz CT molecular complexity index is 1180. The van der Waals surface area contributed by atoms with Crippen LogP contribution < -0.4 is 10.2 Å². The van der Waals surface area contributed by atoms with Gasteiger partial charge in [-0.15, -0.1) is 10.2 Å². The van der Waals surface area contributed by atoms with Crippen LogP contribution in [0.2, 0.25) is 0 Å². The van der Waals surface area contributed by atoms with E-state index in [0.29, 0.717) is 23.5 Å². The van der Waals surface area contributed by atoms with Crippen molar-refractivity contribution in [2.75, 3.05) is 18.0 Å². The first kappa shape index (κ1) is 18.5. The van der Waals surface area contributed by atoms with Crippen molar-refractivity contribution in [1.29, 1.82) is 0 Å². The van der Waals surface area contributed by atoms with E-state index in [2.05, 4.69) is 49.4 Å². The molecular weight excluding hydrogens is 378 g/mol. The number of aromatic hydroxyl groups is 1. The lowest BCUT2D eigenvalue weighted by molar-refractivity contribution is 0.404. The first-order valence-electron chi connectivity index (χ1n) is 10.0. The Kier molecular flexibility index (Phi) is 4.55. The van der Waals surface area contributed by atoms with Gasteiger partial charge >= 0.3 is 0 Å². The van der Waals surface area contributed by atoms with Gasteiger partial charge in [0.25, 0.3) is 0 Å². The summed E-state index contributed by atoms with van der Waals surface area (Å²) in [7, 11) is 0. The number of anilines is 1. The van der Waals surface area contributed by atoms with Crippen molar-refractivity contribution in [3.8, 4) is 28.3 Å². The van der Waals surface area contributed by atoms with Crippen molar-refractivity contribution < 1.29 is 5.11 Å². The Labute approximate surface area is 174 Å². The molecule has 0 radical (unpaired) electrons. The highest BCUT2D eigenvalue weighted by Gasteiger charge is 2.22. The predicted molar refractivity (Wildman–Crippen MR) is 116 cm³/mol. The summed E-state index contributed by atoms with van der Waals surface area (Å²) >= 11 is 0. The molecule has 8 nitrogen and oxygen atoms in total. The van der Waals surface area contributed by atoms with Crippen molar-refractivity contribution in [3.05, 3.63) is 48.8 Å². The summed E-state index contributed by atoms with van der Waals surface area (Å²) in [6.45, 7) is 6.10. The standard InChI is InChI=1S/C22H23N7O/c1-13-11-29(12-14(2)25-13)21-6-5-19(27-28-21)22-20(30)8-16(9-23-22)15-3-4-18-17(7-15)10-24-26-18/h3-10,13-14,25,30H,11-12H2,1-2H3,(H,24,26)/t13-,14+. The molecule has 0 aliphatic carbocycles. The Morgan fingerprint density at radius 3 is 2.53 bits per heavy atom. The minimum absolute atomic E-state index is 0.0752. The molecule has 1 aliphatic heterocycles. The maximum atomic E-state index is 10.6. The molecule has 30 heavy (non-hydrogen) atoms. The number of rotatable bonds is 3. The number of nitrogens with zero attached hydrogens (tertiary/aromatic N) is 5. The molecule has 3 N–H and O–H groups in total. The highest BCUT2D eigenvalue weighted by Crippen LogP contribution is 2.31. The molecule has 3 aromatic heterocycles. The average molecular weight is 401 g/mol. The molecule has 0 bridgehead atoms. The SMILES string of the molecule is C[C@@H]1CN(c2ccc(-c3ncc(-c4ccc5[nH]ncc5c4)cc3O)nn2)C[C@H](C)N1. The van der Waals surface area contributed by atoms with Crippen LogP contribution in [0.15, 0.2) is 48.8 Å². The number of aromatic nitrogens is 5. The maximum absolute atomic E-state index is 10.6. The molecule has 2 atom stereocenters. The summed E-state index contributed by atoms with van der Waals surface area (Å²) in [6.07, 6.45) is 3.52. The largest absolute Gasteiger partial charge is 0.506 e. The second-order valence-corrected chi connectivity index (χ2v) is 7.91. The smallest absolute Gasteiger partial charge is 0.151 e. The van der Waals surface area contributed by atoms with Crippen molar-refractivity contribution >= 4 is 16.7 Å². The fraction of sp³-hybridized carbons (Fsp3) is 0.273.